The van der Waals surface area contributed by atoms with Crippen molar-refractivity contribution in [2.45, 2.75) is 32.1 Å². The predicted molar refractivity (Wildman–Crippen MR) is 57.6 cm³/mol. The summed E-state index contributed by atoms with van der Waals surface area (Å²) >= 11 is 0. The van der Waals surface area contributed by atoms with Crippen LogP contribution in [0.3, 0.4) is 0 Å². The van der Waals surface area contributed by atoms with Gasteiger partial charge in [0.05, 0.1) is 0 Å². The second kappa shape index (κ2) is 2.54. The van der Waals surface area contributed by atoms with E-state index in [1.807, 2.05) is 13.9 Å². The maximum atomic E-state index is 9.90. The Kier molecular flexibility index (Phi) is 1.69. The van der Waals surface area contributed by atoms with Crippen molar-refractivity contribution in [1.29, 1.82) is 0 Å². The summed E-state index contributed by atoms with van der Waals surface area (Å²) in [5, 5.41) is 9.90. The van der Waals surface area contributed by atoms with E-state index in [2.05, 4.69) is 19.9 Å². The maximum absolute atomic E-state index is 9.90. The van der Waals surface area contributed by atoms with Gasteiger partial charge in [0, 0.05) is 0 Å². The molecule has 1 fully saturated rings. The lowest BCUT2D eigenvalue weighted by molar-refractivity contribution is 0.465. The molecule has 0 unspecified atom stereocenters. The van der Waals surface area contributed by atoms with Crippen molar-refractivity contribution in [3.8, 4) is 5.75 Å². The largest absolute Gasteiger partial charge is 0.508 e. The fourth-order valence-corrected chi connectivity index (χ4v) is 1.88. The highest BCUT2D eigenvalue weighted by Gasteiger charge is 2.41. The van der Waals surface area contributed by atoms with Crippen LogP contribution in [0, 0.1) is 6.92 Å². The second-order valence-corrected chi connectivity index (χ2v) is 4.54. The molecule has 0 heterocycles. The number of hydrogen-bond donors (Lipinski definition) is 1. The van der Waals surface area contributed by atoms with Crippen LogP contribution in [-0.4, -0.2) is 13.0 Å². The highest BCUT2D eigenvalue weighted by atomic mass is 16.3. The molecule has 0 atom stereocenters. The molecule has 1 nitrogen and oxygen atoms in total. The first kappa shape index (κ1) is 8.67. The van der Waals surface area contributed by atoms with Crippen LogP contribution in [0.2, 0.25) is 0 Å². The van der Waals surface area contributed by atoms with Crippen LogP contribution in [0.15, 0.2) is 12.1 Å². The zero-order valence-electron chi connectivity index (χ0n) is 8.52. The van der Waals surface area contributed by atoms with E-state index in [0.29, 0.717) is 5.75 Å². The molecule has 1 aromatic carbocycles. The quantitative estimate of drug-likeness (QED) is 0.630. The molecule has 1 aromatic rings. The normalized spacial score (nSPS) is 18.6. The molecule has 2 rings (SSSR count). The molecular formula is C11H15BO. The molecular weight excluding hydrogens is 159 g/mol. The summed E-state index contributed by atoms with van der Waals surface area (Å²) in [6.07, 6.45) is 2.42. The van der Waals surface area contributed by atoms with Crippen molar-refractivity contribution in [2.24, 2.45) is 0 Å². The van der Waals surface area contributed by atoms with Gasteiger partial charge in [0.2, 0.25) is 0 Å². The first-order valence-corrected chi connectivity index (χ1v) is 4.84. The Morgan fingerprint density at radius 3 is 2.54 bits per heavy atom. The molecule has 0 spiro atoms. The summed E-state index contributed by atoms with van der Waals surface area (Å²) in [6.45, 7) is 4.31. The summed E-state index contributed by atoms with van der Waals surface area (Å²) in [6, 6.07) is 4.15. The highest BCUT2D eigenvalue weighted by Crippen LogP contribution is 2.50. The van der Waals surface area contributed by atoms with Crippen LogP contribution in [0.25, 0.3) is 0 Å². The smallest absolute Gasteiger partial charge is 0.144 e. The van der Waals surface area contributed by atoms with E-state index in [4.69, 9.17) is 0 Å². The Hall–Kier alpha value is -0.915. The molecule has 0 aliphatic heterocycles. The number of aromatic hydroxyl groups is 1. The molecule has 0 amide bonds. The molecule has 2 heteroatoms. The zero-order chi connectivity index (χ0) is 9.64. The minimum atomic E-state index is 0.265. The molecule has 1 aliphatic carbocycles. The van der Waals surface area contributed by atoms with Crippen LogP contribution in [0.5, 0.6) is 5.75 Å². The average Bonchev–Trinajstić information content (AvgIpc) is 2.77. The average molecular weight is 174 g/mol. The van der Waals surface area contributed by atoms with Crippen LogP contribution in [-0.2, 0) is 5.41 Å². The molecule has 0 bridgehead atoms. The van der Waals surface area contributed by atoms with E-state index in [1.165, 1.54) is 18.4 Å². The van der Waals surface area contributed by atoms with E-state index in [9.17, 15) is 5.11 Å². The van der Waals surface area contributed by atoms with Gasteiger partial charge in [-0.1, -0.05) is 24.6 Å². The van der Waals surface area contributed by atoms with Crippen molar-refractivity contribution in [2.75, 3.05) is 0 Å². The van der Waals surface area contributed by atoms with Crippen LogP contribution in [0.1, 0.15) is 30.9 Å². The topological polar surface area (TPSA) is 20.2 Å². The van der Waals surface area contributed by atoms with Crippen molar-refractivity contribution in [3.05, 3.63) is 23.3 Å². The lowest BCUT2D eigenvalue weighted by Gasteiger charge is -2.14. The number of rotatable bonds is 1. The van der Waals surface area contributed by atoms with Gasteiger partial charge in [-0.05, 0) is 36.2 Å². The summed E-state index contributed by atoms with van der Waals surface area (Å²) in [5.74, 6) is 0.505. The van der Waals surface area contributed by atoms with Crippen LogP contribution < -0.4 is 5.46 Å². The van der Waals surface area contributed by atoms with E-state index >= 15 is 0 Å². The number of benzene rings is 1. The third-order valence-corrected chi connectivity index (χ3v) is 3.10. The van der Waals surface area contributed by atoms with E-state index in [-0.39, 0.29) is 5.41 Å². The zero-order valence-corrected chi connectivity index (χ0v) is 8.52. The third-order valence-electron chi connectivity index (χ3n) is 3.10. The van der Waals surface area contributed by atoms with E-state index in [0.717, 1.165) is 11.0 Å². The predicted octanol–water partition coefficient (Wildman–Crippen LogP) is 1.01. The molecule has 68 valence electrons. The highest BCUT2D eigenvalue weighted by molar-refractivity contribution is 6.34. The Balaban J connectivity index is 2.56. The maximum Gasteiger partial charge on any atom is 0.144 e. The third kappa shape index (κ3) is 1.34. The monoisotopic (exact) mass is 174 g/mol. The number of hydrogen-bond acceptors (Lipinski definition) is 1. The summed E-state index contributed by atoms with van der Waals surface area (Å²) in [5.41, 5.74) is 3.66. The number of aryl methyl sites for hydroxylation is 1. The van der Waals surface area contributed by atoms with Gasteiger partial charge >= 0.3 is 0 Å². The molecule has 0 radical (unpaired) electrons. The van der Waals surface area contributed by atoms with Gasteiger partial charge in [-0.15, -0.1) is 0 Å². The van der Waals surface area contributed by atoms with E-state index < -0.39 is 0 Å². The summed E-state index contributed by atoms with van der Waals surface area (Å²) < 4.78 is 0. The molecule has 13 heavy (non-hydrogen) atoms. The van der Waals surface area contributed by atoms with Gasteiger partial charge in [-0.2, -0.15) is 0 Å². The van der Waals surface area contributed by atoms with Crippen molar-refractivity contribution in [3.63, 3.8) is 0 Å². The van der Waals surface area contributed by atoms with Crippen molar-refractivity contribution < 1.29 is 5.11 Å². The Morgan fingerprint density at radius 2 is 2.00 bits per heavy atom. The Bertz CT molecular complexity index is 353. The van der Waals surface area contributed by atoms with Gasteiger partial charge in [0.15, 0.2) is 0 Å². The van der Waals surface area contributed by atoms with Gasteiger partial charge in [0.1, 0.15) is 13.6 Å². The minimum Gasteiger partial charge on any atom is -0.508 e. The first-order valence-electron chi connectivity index (χ1n) is 4.84. The molecule has 1 N–H and O–H groups in total. The van der Waals surface area contributed by atoms with E-state index in [1.54, 1.807) is 0 Å². The molecule has 1 aliphatic rings. The fourth-order valence-electron chi connectivity index (χ4n) is 1.88. The van der Waals surface area contributed by atoms with Crippen LogP contribution in [0.4, 0.5) is 0 Å². The minimum absolute atomic E-state index is 0.265. The molecule has 1 saturated carbocycles. The lowest BCUT2D eigenvalue weighted by Crippen LogP contribution is -2.11. The SMILES string of the molecule is Bc1cc(C)cc(C2(C)CC2)c1O. The Labute approximate surface area is 80.2 Å². The van der Waals surface area contributed by atoms with Crippen molar-refractivity contribution >= 4 is 13.3 Å². The molecule has 0 aromatic heterocycles. The lowest BCUT2D eigenvalue weighted by atomic mass is 9.86. The van der Waals surface area contributed by atoms with Gasteiger partial charge in [0.25, 0.3) is 0 Å². The van der Waals surface area contributed by atoms with Crippen molar-refractivity contribution in [1.82, 2.24) is 0 Å². The van der Waals surface area contributed by atoms with Gasteiger partial charge < -0.3 is 5.11 Å². The van der Waals surface area contributed by atoms with Gasteiger partial charge in [-0.3, -0.25) is 0 Å². The first-order chi connectivity index (χ1) is 6.03. The van der Waals surface area contributed by atoms with Gasteiger partial charge in [-0.25, -0.2) is 0 Å². The Morgan fingerprint density at radius 1 is 1.38 bits per heavy atom. The molecule has 0 saturated heterocycles. The summed E-state index contributed by atoms with van der Waals surface area (Å²) in [7, 11) is 1.97. The summed E-state index contributed by atoms with van der Waals surface area (Å²) in [4.78, 5) is 0. The van der Waals surface area contributed by atoms with Crippen LogP contribution >= 0.6 is 0 Å². The number of phenolic OH excluding ortho intramolecular Hbond substituents is 1. The second-order valence-electron chi connectivity index (χ2n) is 4.54. The standard InChI is InChI=1S/C11H15BO/c1-7-5-8(11(2)3-4-11)10(13)9(12)6-7/h5-6,13H,3-4,12H2,1-2H3. The fraction of sp³-hybridized carbons (Fsp3) is 0.455. The number of phenols is 1.